The van der Waals surface area contributed by atoms with E-state index in [1.54, 1.807) is 0 Å². The van der Waals surface area contributed by atoms with E-state index in [0.717, 1.165) is 51.3 Å². The van der Waals surface area contributed by atoms with E-state index in [1.807, 2.05) is 4.68 Å². The van der Waals surface area contributed by atoms with Crippen molar-refractivity contribution in [2.24, 2.45) is 0 Å². The number of carbonyl (C=O) groups is 1. The molecule has 0 aliphatic carbocycles. The molecule has 2 N–H and O–H groups in total. The normalized spacial score (nSPS) is 17.1. The van der Waals surface area contributed by atoms with Gasteiger partial charge in [0.05, 0.1) is 31.0 Å². The number of fused-ring (bicyclic) bond motifs is 1. The molecular formula is C20H29Cl2N5O. The maximum absolute atomic E-state index is 12.3. The lowest BCUT2D eigenvalue weighted by Gasteiger charge is -2.31. The van der Waals surface area contributed by atoms with Gasteiger partial charge in [0.1, 0.15) is 0 Å². The Hall–Kier alpha value is -1.60. The lowest BCUT2D eigenvalue weighted by Crippen LogP contribution is -2.41. The SMILES string of the molecule is Cl.Cl.O=C(CN1CCC(c2ccccc2)CC1)NCc1cc2n(n1)CCNC2. The van der Waals surface area contributed by atoms with Gasteiger partial charge in [-0.2, -0.15) is 5.10 Å². The molecule has 6 nitrogen and oxygen atoms in total. The van der Waals surface area contributed by atoms with Crippen molar-refractivity contribution < 1.29 is 4.79 Å². The van der Waals surface area contributed by atoms with Crippen molar-refractivity contribution in [3.8, 4) is 0 Å². The first-order valence-corrected chi connectivity index (χ1v) is 9.58. The van der Waals surface area contributed by atoms with E-state index in [2.05, 4.69) is 57.0 Å². The number of nitrogens with zero attached hydrogens (tertiary/aromatic N) is 3. The molecule has 0 spiro atoms. The number of amides is 1. The number of likely N-dealkylation sites (tertiary alicyclic amines) is 1. The van der Waals surface area contributed by atoms with E-state index in [-0.39, 0.29) is 30.7 Å². The van der Waals surface area contributed by atoms with Gasteiger partial charge in [-0.1, -0.05) is 30.3 Å². The molecule has 8 heteroatoms. The quantitative estimate of drug-likeness (QED) is 0.771. The number of halogens is 2. The Morgan fingerprint density at radius 1 is 1.14 bits per heavy atom. The highest BCUT2D eigenvalue weighted by molar-refractivity contribution is 5.85. The van der Waals surface area contributed by atoms with Crippen LogP contribution >= 0.6 is 24.8 Å². The van der Waals surface area contributed by atoms with Crippen molar-refractivity contribution in [2.75, 3.05) is 26.2 Å². The molecule has 2 aromatic rings. The second-order valence-corrected chi connectivity index (χ2v) is 7.26. The third-order valence-corrected chi connectivity index (χ3v) is 5.41. The topological polar surface area (TPSA) is 62.2 Å². The van der Waals surface area contributed by atoms with Gasteiger partial charge in [0.2, 0.25) is 5.91 Å². The first-order valence-electron chi connectivity index (χ1n) is 9.58. The summed E-state index contributed by atoms with van der Waals surface area (Å²) in [6.45, 7) is 5.68. The predicted octanol–water partition coefficient (Wildman–Crippen LogP) is 2.33. The maximum atomic E-state index is 12.3. The standard InChI is InChI=1S/C20H27N5O.2ClH/c26-20(22-13-18-12-19-14-21-8-11-25(19)23-18)15-24-9-6-17(7-10-24)16-4-2-1-3-5-16;;/h1-5,12,17,21H,6-11,13-15H2,(H,22,26);2*1H. The fourth-order valence-electron chi connectivity index (χ4n) is 3.94. The number of hydrogen-bond donors (Lipinski definition) is 2. The van der Waals surface area contributed by atoms with Gasteiger partial charge in [0.15, 0.2) is 0 Å². The molecule has 1 aromatic heterocycles. The molecule has 0 bridgehead atoms. The zero-order chi connectivity index (χ0) is 17.8. The second kappa shape index (κ2) is 10.8. The monoisotopic (exact) mass is 425 g/mol. The number of carbonyl (C=O) groups excluding carboxylic acids is 1. The lowest BCUT2D eigenvalue weighted by atomic mass is 9.89. The first kappa shape index (κ1) is 22.7. The molecule has 154 valence electrons. The van der Waals surface area contributed by atoms with Crippen molar-refractivity contribution >= 4 is 30.7 Å². The number of rotatable bonds is 5. The average molecular weight is 426 g/mol. The molecule has 28 heavy (non-hydrogen) atoms. The van der Waals surface area contributed by atoms with Gasteiger partial charge < -0.3 is 10.6 Å². The van der Waals surface area contributed by atoms with Crippen LogP contribution in [0.3, 0.4) is 0 Å². The molecule has 0 unspecified atom stereocenters. The van der Waals surface area contributed by atoms with Gasteiger partial charge in [-0.3, -0.25) is 14.4 Å². The summed E-state index contributed by atoms with van der Waals surface area (Å²) in [5.41, 5.74) is 3.57. The van der Waals surface area contributed by atoms with Crippen LogP contribution in [0.25, 0.3) is 0 Å². The summed E-state index contributed by atoms with van der Waals surface area (Å²) < 4.78 is 2.03. The number of aromatic nitrogens is 2. The highest BCUT2D eigenvalue weighted by atomic mass is 35.5. The van der Waals surface area contributed by atoms with Crippen LogP contribution in [0.2, 0.25) is 0 Å². The summed E-state index contributed by atoms with van der Waals surface area (Å²) in [7, 11) is 0. The first-order chi connectivity index (χ1) is 12.8. The summed E-state index contributed by atoms with van der Waals surface area (Å²) in [6.07, 6.45) is 2.25. The van der Waals surface area contributed by atoms with Crippen molar-refractivity contribution in [3.05, 3.63) is 53.3 Å². The summed E-state index contributed by atoms with van der Waals surface area (Å²) in [5, 5.41) is 10.9. The fourth-order valence-corrected chi connectivity index (χ4v) is 3.94. The van der Waals surface area contributed by atoms with E-state index < -0.39 is 0 Å². The summed E-state index contributed by atoms with van der Waals surface area (Å²) in [4.78, 5) is 14.5. The van der Waals surface area contributed by atoms with Crippen LogP contribution in [0, 0.1) is 0 Å². The van der Waals surface area contributed by atoms with Crippen LogP contribution in [0.1, 0.15) is 35.7 Å². The Labute approximate surface area is 178 Å². The molecule has 0 atom stereocenters. The van der Waals surface area contributed by atoms with Crippen molar-refractivity contribution in [2.45, 2.75) is 38.4 Å². The molecule has 1 aromatic carbocycles. The fraction of sp³-hybridized carbons (Fsp3) is 0.500. The molecule has 1 saturated heterocycles. The Bertz CT molecular complexity index is 721. The lowest BCUT2D eigenvalue weighted by molar-refractivity contribution is -0.122. The Morgan fingerprint density at radius 3 is 2.61 bits per heavy atom. The minimum absolute atomic E-state index is 0. The average Bonchev–Trinajstić information content (AvgIpc) is 3.11. The number of piperidine rings is 1. The van der Waals surface area contributed by atoms with Crippen LogP contribution in [0.4, 0.5) is 0 Å². The van der Waals surface area contributed by atoms with E-state index in [4.69, 9.17) is 0 Å². The number of nitrogens with one attached hydrogen (secondary N) is 2. The molecule has 0 saturated carbocycles. The molecule has 1 amide bonds. The third kappa shape index (κ3) is 5.70. The van der Waals surface area contributed by atoms with Crippen LogP contribution in [0.5, 0.6) is 0 Å². The highest BCUT2D eigenvalue weighted by Gasteiger charge is 2.22. The summed E-state index contributed by atoms with van der Waals surface area (Å²) in [6, 6.07) is 12.8. The molecule has 1 fully saturated rings. The molecule has 0 radical (unpaired) electrons. The van der Waals surface area contributed by atoms with Gasteiger partial charge in [-0.05, 0) is 43.5 Å². The van der Waals surface area contributed by atoms with E-state index in [0.29, 0.717) is 19.0 Å². The predicted molar refractivity (Wildman–Crippen MR) is 115 cm³/mol. The molecule has 3 heterocycles. The maximum Gasteiger partial charge on any atom is 0.234 e. The molecular weight excluding hydrogens is 397 g/mol. The van der Waals surface area contributed by atoms with Crippen molar-refractivity contribution in [3.63, 3.8) is 0 Å². The molecule has 2 aliphatic rings. The minimum atomic E-state index is 0. The third-order valence-electron chi connectivity index (χ3n) is 5.41. The van der Waals surface area contributed by atoms with E-state index in [1.165, 1.54) is 11.3 Å². The Kier molecular flexibility index (Phi) is 8.76. The van der Waals surface area contributed by atoms with Crippen molar-refractivity contribution in [1.29, 1.82) is 0 Å². The highest BCUT2D eigenvalue weighted by Crippen LogP contribution is 2.27. The molecule has 4 rings (SSSR count). The Morgan fingerprint density at radius 2 is 1.89 bits per heavy atom. The van der Waals surface area contributed by atoms with Gasteiger partial charge >= 0.3 is 0 Å². The van der Waals surface area contributed by atoms with E-state index in [9.17, 15) is 4.79 Å². The number of hydrogen-bond acceptors (Lipinski definition) is 4. The smallest absolute Gasteiger partial charge is 0.234 e. The largest absolute Gasteiger partial charge is 0.349 e. The summed E-state index contributed by atoms with van der Waals surface area (Å²) in [5.74, 6) is 0.716. The van der Waals surface area contributed by atoms with E-state index >= 15 is 0 Å². The zero-order valence-electron chi connectivity index (χ0n) is 16.0. The second-order valence-electron chi connectivity index (χ2n) is 7.26. The van der Waals surface area contributed by atoms with Crippen molar-refractivity contribution in [1.82, 2.24) is 25.3 Å². The van der Waals surface area contributed by atoms with Gasteiger partial charge in [0.25, 0.3) is 0 Å². The van der Waals surface area contributed by atoms with Crippen LogP contribution in [-0.4, -0.2) is 46.8 Å². The summed E-state index contributed by atoms with van der Waals surface area (Å²) >= 11 is 0. The van der Waals surface area contributed by atoms with Gasteiger partial charge in [0, 0.05) is 13.1 Å². The van der Waals surface area contributed by atoms with Crippen LogP contribution in [0.15, 0.2) is 36.4 Å². The molecule has 2 aliphatic heterocycles. The van der Waals surface area contributed by atoms with Gasteiger partial charge in [-0.15, -0.1) is 24.8 Å². The van der Waals surface area contributed by atoms with Crippen LogP contribution < -0.4 is 10.6 Å². The Balaban J connectivity index is 0.00000140. The number of benzene rings is 1. The van der Waals surface area contributed by atoms with Gasteiger partial charge in [-0.25, -0.2) is 0 Å². The zero-order valence-corrected chi connectivity index (χ0v) is 17.6. The van der Waals surface area contributed by atoms with Crippen LogP contribution in [-0.2, 0) is 24.4 Å². The minimum Gasteiger partial charge on any atom is -0.349 e.